The molecule has 0 spiro atoms. The Kier molecular flexibility index (Phi) is 4.05. The summed E-state index contributed by atoms with van der Waals surface area (Å²) >= 11 is 0. The van der Waals surface area contributed by atoms with Crippen LogP contribution in [0, 0.1) is 31.0 Å². The Morgan fingerprint density at radius 1 is 1.10 bits per heavy atom. The lowest BCUT2D eigenvalue weighted by Crippen LogP contribution is -2.17. The molecule has 0 saturated heterocycles. The lowest BCUT2D eigenvalue weighted by Gasteiger charge is -2.21. The van der Waals surface area contributed by atoms with Crippen LogP contribution in [-0.4, -0.2) is 7.05 Å². The molecule has 0 fully saturated rings. The van der Waals surface area contributed by atoms with Crippen molar-refractivity contribution in [3.05, 3.63) is 64.5 Å². The molecule has 0 saturated carbocycles. The van der Waals surface area contributed by atoms with Gasteiger partial charge in [0.1, 0.15) is 5.82 Å². The van der Waals surface area contributed by atoms with E-state index < -0.39 is 0 Å². The van der Waals surface area contributed by atoms with Gasteiger partial charge in [-0.05, 0) is 49.2 Å². The van der Waals surface area contributed by atoms with Crippen LogP contribution in [0.2, 0.25) is 0 Å². The molecular formula is C17H17FN2. The zero-order valence-electron chi connectivity index (χ0n) is 11.9. The molecule has 0 amide bonds. The van der Waals surface area contributed by atoms with Gasteiger partial charge in [-0.3, -0.25) is 0 Å². The summed E-state index contributed by atoms with van der Waals surface area (Å²) in [6.45, 7) is 4.57. The molecule has 0 aliphatic heterocycles. The number of benzene rings is 2. The van der Waals surface area contributed by atoms with E-state index in [4.69, 9.17) is 5.26 Å². The summed E-state index contributed by atoms with van der Waals surface area (Å²) in [5.41, 5.74) is 4.37. The van der Waals surface area contributed by atoms with E-state index in [9.17, 15) is 4.39 Å². The first-order valence-electron chi connectivity index (χ1n) is 6.47. The summed E-state index contributed by atoms with van der Waals surface area (Å²) < 4.78 is 13.9. The molecule has 20 heavy (non-hydrogen) atoms. The van der Waals surface area contributed by atoms with E-state index in [-0.39, 0.29) is 5.82 Å². The Morgan fingerprint density at radius 2 is 1.75 bits per heavy atom. The van der Waals surface area contributed by atoms with E-state index in [1.54, 1.807) is 12.1 Å². The normalized spacial score (nSPS) is 10.2. The number of hydrogen-bond donors (Lipinski definition) is 0. The largest absolute Gasteiger partial charge is 0.370 e. The van der Waals surface area contributed by atoms with Crippen LogP contribution in [0.5, 0.6) is 0 Å². The van der Waals surface area contributed by atoms with Crippen LogP contribution in [0.1, 0.15) is 22.3 Å². The summed E-state index contributed by atoms with van der Waals surface area (Å²) in [6, 6.07) is 12.8. The molecule has 102 valence electrons. The van der Waals surface area contributed by atoms with E-state index in [0.717, 1.165) is 5.69 Å². The zero-order chi connectivity index (χ0) is 14.7. The van der Waals surface area contributed by atoms with E-state index in [1.165, 1.54) is 17.2 Å². The molecule has 0 heterocycles. The highest BCUT2D eigenvalue weighted by Gasteiger charge is 2.08. The van der Waals surface area contributed by atoms with Crippen molar-refractivity contribution in [2.75, 3.05) is 11.9 Å². The number of hydrogen-bond acceptors (Lipinski definition) is 2. The van der Waals surface area contributed by atoms with Gasteiger partial charge in [-0.15, -0.1) is 0 Å². The molecule has 0 bridgehead atoms. The van der Waals surface area contributed by atoms with E-state index in [0.29, 0.717) is 17.7 Å². The summed E-state index contributed by atoms with van der Waals surface area (Å²) in [5.74, 6) is -0.333. The predicted octanol–water partition coefficient (Wildman–Crippen LogP) is 3.95. The highest BCUT2D eigenvalue weighted by Crippen LogP contribution is 2.20. The molecule has 0 radical (unpaired) electrons. The first-order chi connectivity index (χ1) is 9.49. The molecule has 0 atom stereocenters. The standard InChI is InChI=1S/C17H17FN2/c1-12-6-13(2)8-16(7-12)20(3)11-15-5-4-14(10-19)9-17(15)18/h4-9H,11H2,1-3H3. The van der Waals surface area contributed by atoms with Crippen LogP contribution >= 0.6 is 0 Å². The van der Waals surface area contributed by atoms with E-state index in [1.807, 2.05) is 31.9 Å². The number of halogens is 1. The van der Waals surface area contributed by atoms with Gasteiger partial charge >= 0.3 is 0 Å². The number of nitrogens with zero attached hydrogens (tertiary/aromatic N) is 2. The Balaban J connectivity index is 2.23. The molecule has 0 unspecified atom stereocenters. The van der Waals surface area contributed by atoms with Gasteiger partial charge in [0.2, 0.25) is 0 Å². The highest BCUT2D eigenvalue weighted by atomic mass is 19.1. The monoisotopic (exact) mass is 268 g/mol. The van der Waals surface area contributed by atoms with Gasteiger partial charge in [0.25, 0.3) is 0 Å². The molecule has 2 aromatic rings. The molecule has 0 aromatic heterocycles. The Labute approximate surface area is 119 Å². The molecule has 0 aliphatic carbocycles. The second kappa shape index (κ2) is 5.75. The molecule has 0 N–H and O–H groups in total. The molecule has 2 nitrogen and oxygen atoms in total. The van der Waals surface area contributed by atoms with Crippen molar-refractivity contribution in [2.24, 2.45) is 0 Å². The maximum absolute atomic E-state index is 13.9. The minimum Gasteiger partial charge on any atom is -0.370 e. The third kappa shape index (κ3) is 3.16. The first-order valence-corrected chi connectivity index (χ1v) is 6.47. The maximum Gasteiger partial charge on any atom is 0.129 e. The van der Waals surface area contributed by atoms with Gasteiger partial charge in [0.05, 0.1) is 11.6 Å². The summed E-state index contributed by atoms with van der Waals surface area (Å²) in [5, 5.41) is 8.75. The van der Waals surface area contributed by atoms with Crippen LogP contribution in [-0.2, 0) is 6.54 Å². The third-order valence-corrected chi connectivity index (χ3v) is 3.24. The summed E-state index contributed by atoms with van der Waals surface area (Å²) in [7, 11) is 1.94. The van der Waals surface area contributed by atoms with Crippen molar-refractivity contribution in [1.29, 1.82) is 5.26 Å². The van der Waals surface area contributed by atoms with Crippen molar-refractivity contribution in [2.45, 2.75) is 20.4 Å². The Hall–Kier alpha value is -2.34. The van der Waals surface area contributed by atoms with Crippen LogP contribution in [0.15, 0.2) is 36.4 Å². The van der Waals surface area contributed by atoms with Crippen LogP contribution in [0.25, 0.3) is 0 Å². The van der Waals surface area contributed by atoms with Crippen LogP contribution in [0.4, 0.5) is 10.1 Å². The fourth-order valence-corrected chi connectivity index (χ4v) is 2.26. The van der Waals surface area contributed by atoms with Crippen molar-refractivity contribution in [3.63, 3.8) is 0 Å². The quantitative estimate of drug-likeness (QED) is 0.842. The molecule has 2 aromatic carbocycles. The number of anilines is 1. The van der Waals surface area contributed by atoms with E-state index >= 15 is 0 Å². The minimum atomic E-state index is -0.333. The van der Waals surface area contributed by atoms with Gasteiger partial charge in [-0.1, -0.05) is 12.1 Å². The van der Waals surface area contributed by atoms with Crippen molar-refractivity contribution >= 4 is 5.69 Å². The highest BCUT2D eigenvalue weighted by molar-refractivity contribution is 5.51. The average molecular weight is 268 g/mol. The van der Waals surface area contributed by atoms with Crippen molar-refractivity contribution < 1.29 is 4.39 Å². The van der Waals surface area contributed by atoms with Crippen molar-refractivity contribution in [1.82, 2.24) is 0 Å². The lowest BCUT2D eigenvalue weighted by molar-refractivity contribution is 0.607. The fraction of sp³-hybridized carbons (Fsp3) is 0.235. The maximum atomic E-state index is 13.9. The van der Waals surface area contributed by atoms with E-state index in [2.05, 4.69) is 18.2 Å². The van der Waals surface area contributed by atoms with Crippen molar-refractivity contribution in [3.8, 4) is 6.07 Å². The minimum absolute atomic E-state index is 0.333. The predicted molar refractivity (Wildman–Crippen MR) is 79.1 cm³/mol. The topological polar surface area (TPSA) is 27.0 Å². The second-order valence-electron chi connectivity index (χ2n) is 5.12. The number of rotatable bonds is 3. The van der Waals surface area contributed by atoms with Gasteiger partial charge in [0.15, 0.2) is 0 Å². The smallest absolute Gasteiger partial charge is 0.129 e. The number of nitriles is 1. The summed E-state index contributed by atoms with van der Waals surface area (Å²) in [4.78, 5) is 2.00. The fourth-order valence-electron chi connectivity index (χ4n) is 2.26. The molecular weight excluding hydrogens is 251 g/mol. The number of aryl methyl sites for hydroxylation is 2. The van der Waals surface area contributed by atoms with Gasteiger partial charge in [0, 0.05) is 24.8 Å². The van der Waals surface area contributed by atoms with Crippen LogP contribution < -0.4 is 4.90 Å². The van der Waals surface area contributed by atoms with Gasteiger partial charge in [-0.2, -0.15) is 5.26 Å². The summed E-state index contributed by atoms with van der Waals surface area (Å²) in [6.07, 6.45) is 0. The zero-order valence-corrected chi connectivity index (χ0v) is 11.9. The second-order valence-corrected chi connectivity index (χ2v) is 5.12. The average Bonchev–Trinajstić information content (AvgIpc) is 2.39. The third-order valence-electron chi connectivity index (χ3n) is 3.24. The van der Waals surface area contributed by atoms with Gasteiger partial charge < -0.3 is 4.90 Å². The van der Waals surface area contributed by atoms with Crippen LogP contribution in [0.3, 0.4) is 0 Å². The molecule has 2 rings (SSSR count). The van der Waals surface area contributed by atoms with Gasteiger partial charge in [-0.25, -0.2) is 4.39 Å². The lowest BCUT2D eigenvalue weighted by atomic mass is 10.1. The Morgan fingerprint density at radius 3 is 2.30 bits per heavy atom. The molecule has 3 heteroatoms. The molecule has 0 aliphatic rings. The Bertz CT molecular complexity index is 651. The SMILES string of the molecule is Cc1cc(C)cc(N(C)Cc2ccc(C#N)cc2F)c1. The first kappa shape index (κ1) is 14.1.